The molecule has 23 heavy (non-hydrogen) atoms. The van der Waals surface area contributed by atoms with Crippen molar-refractivity contribution in [3.8, 4) is 0 Å². The van der Waals surface area contributed by atoms with E-state index in [0.29, 0.717) is 11.6 Å². The van der Waals surface area contributed by atoms with Crippen molar-refractivity contribution in [2.24, 2.45) is 7.05 Å². The van der Waals surface area contributed by atoms with Gasteiger partial charge in [-0.05, 0) is 44.9 Å². The summed E-state index contributed by atoms with van der Waals surface area (Å²) in [6.07, 6.45) is 0.319. The zero-order valence-corrected chi connectivity index (χ0v) is 14.8. The van der Waals surface area contributed by atoms with Gasteiger partial charge in [-0.3, -0.25) is 9.48 Å². The van der Waals surface area contributed by atoms with E-state index in [-0.39, 0.29) is 5.91 Å². The number of carbonyl (C=O) groups excluding carboxylic acids is 1. The first-order valence-corrected chi connectivity index (χ1v) is 8.33. The highest BCUT2D eigenvalue weighted by Gasteiger charge is 2.15. The van der Waals surface area contributed by atoms with Crippen LogP contribution < -0.4 is 5.32 Å². The third-order valence-corrected chi connectivity index (χ3v) is 4.99. The van der Waals surface area contributed by atoms with Crippen molar-refractivity contribution in [2.75, 3.05) is 5.32 Å². The first-order chi connectivity index (χ1) is 10.8. The summed E-state index contributed by atoms with van der Waals surface area (Å²) < 4.78 is 2.91. The molecule has 1 N–H and O–H groups in total. The summed E-state index contributed by atoms with van der Waals surface area (Å²) in [4.78, 5) is 16.9. The Balaban J connectivity index is 1.81. The molecule has 0 bridgehead atoms. The maximum atomic E-state index is 12.3. The van der Waals surface area contributed by atoms with E-state index in [1.807, 2.05) is 32.5 Å². The Morgan fingerprint density at radius 3 is 2.65 bits per heavy atom. The monoisotopic (exact) mass is 328 g/mol. The molecule has 1 aromatic carbocycles. The highest BCUT2D eigenvalue weighted by molar-refractivity contribution is 7.22. The van der Waals surface area contributed by atoms with Crippen molar-refractivity contribution in [1.29, 1.82) is 0 Å². The molecule has 3 aromatic rings. The average molecular weight is 328 g/mol. The molecular formula is C17H20N4OS. The predicted molar refractivity (Wildman–Crippen MR) is 94.1 cm³/mol. The predicted octanol–water partition coefficient (Wildman–Crippen LogP) is 3.44. The van der Waals surface area contributed by atoms with E-state index in [0.717, 1.165) is 32.7 Å². The number of hydrogen-bond donors (Lipinski definition) is 1. The number of carbonyl (C=O) groups is 1. The number of aromatic nitrogens is 3. The van der Waals surface area contributed by atoms with Crippen LogP contribution in [0.2, 0.25) is 0 Å². The van der Waals surface area contributed by atoms with Crippen LogP contribution in [-0.2, 0) is 18.3 Å². The minimum Gasteiger partial charge on any atom is -0.302 e. The maximum Gasteiger partial charge on any atom is 0.230 e. The van der Waals surface area contributed by atoms with Crippen LogP contribution in [-0.4, -0.2) is 20.7 Å². The lowest BCUT2D eigenvalue weighted by atomic mass is 10.1. The number of aryl methyl sites for hydroxylation is 4. The van der Waals surface area contributed by atoms with Crippen LogP contribution in [0.1, 0.15) is 28.1 Å². The first kappa shape index (κ1) is 15.7. The van der Waals surface area contributed by atoms with E-state index in [1.54, 1.807) is 0 Å². The molecule has 0 atom stereocenters. The molecule has 0 saturated heterocycles. The summed E-state index contributed by atoms with van der Waals surface area (Å²) in [5, 5.41) is 7.92. The van der Waals surface area contributed by atoms with E-state index in [4.69, 9.17) is 0 Å². The fourth-order valence-corrected chi connectivity index (χ4v) is 3.88. The van der Waals surface area contributed by atoms with Gasteiger partial charge in [-0.2, -0.15) is 5.10 Å². The van der Waals surface area contributed by atoms with Crippen LogP contribution >= 0.6 is 11.3 Å². The molecule has 3 rings (SSSR count). The highest BCUT2D eigenvalue weighted by Crippen LogP contribution is 2.29. The van der Waals surface area contributed by atoms with Gasteiger partial charge in [0.05, 0.1) is 22.3 Å². The lowest BCUT2D eigenvalue weighted by molar-refractivity contribution is -0.115. The summed E-state index contributed by atoms with van der Waals surface area (Å²) in [6.45, 7) is 8.02. The number of thiazole rings is 1. The fraction of sp³-hybridized carbons (Fsp3) is 0.353. The first-order valence-electron chi connectivity index (χ1n) is 7.52. The van der Waals surface area contributed by atoms with E-state index in [9.17, 15) is 4.79 Å². The highest BCUT2D eigenvalue weighted by atomic mass is 32.1. The number of rotatable bonds is 3. The largest absolute Gasteiger partial charge is 0.302 e. The number of nitrogens with zero attached hydrogens (tertiary/aromatic N) is 3. The number of hydrogen-bond acceptors (Lipinski definition) is 4. The van der Waals surface area contributed by atoms with Crippen molar-refractivity contribution in [1.82, 2.24) is 14.8 Å². The van der Waals surface area contributed by atoms with Gasteiger partial charge in [-0.15, -0.1) is 0 Å². The van der Waals surface area contributed by atoms with Gasteiger partial charge in [-0.1, -0.05) is 17.4 Å². The quantitative estimate of drug-likeness (QED) is 0.801. The molecule has 0 spiro atoms. The second kappa shape index (κ2) is 5.77. The normalized spacial score (nSPS) is 11.2. The molecule has 0 aliphatic carbocycles. The molecule has 2 aromatic heterocycles. The van der Waals surface area contributed by atoms with Crippen LogP contribution in [0.3, 0.4) is 0 Å². The van der Waals surface area contributed by atoms with Crippen LogP contribution in [0.4, 0.5) is 5.13 Å². The van der Waals surface area contributed by atoms with Crippen LogP contribution in [0.5, 0.6) is 0 Å². The lowest BCUT2D eigenvalue weighted by Gasteiger charge is -2.02. The molecule has 1 amide bonds. The lowest BCUT2D eigenvalue weighted by Crippen LogP contribution is -2.15. The second-order valence-corrected chi connectivity index (χ2v) is 6.98. The Hall–Kier alpha value is -2.21. The summed E-state index contributed by atoms with van der Waals surface area (Å²) in [5.41, 5.74) is 6.21. The molecule has 5 nitrogen and oxygen atoms in total. The standard InChI is InChI=1S/C17H20N4OS/c1-9-6-10(2)16-14(7-9)23-17(19-16)18-15(22)8-13-11(3)20-21(5)12(13)4/h6-7H,8H2,1-5H3,(H,18,19,22). The third-order valence-electron chi connectivity index (χ3n) is 4.07. The Kier molecular flexibility index (Phi) is 3.93. The minimum atomic E-state index is -0.0577. The topological polar surface area (TPSA) is 59.8 Å². The van der Waals surface area contributed by atoms with E-state index in [2.05, 4.69) is 34.5 Å². The molecule has 0 saturated carbocycles. The summed E-state index contributed by atoms with van der Waals surface area (Å²) in [5.74, 6) is -0.0577. The Bertz CT molecular complexity index is 907. The van der Waals surface area contributed by atoms with Crippen LogP contribution in [0, 0.1) is 27.7 Å². The second-order valence-electron chi connectivity index (χ2n) is 5.95. The number of nitrogens with one attached hydrogen (secondary N) is 1. The van der Waals surface area contributed by atoms with Crippen molar-refractivity contribution < 1.29 is 4.79 Å². The molecule has 0 aliphatic heterocycles. The number of fused-ring (bicyclic) bond motifs is 1. The van der Waals surface area contributed by atoms with Crippen molar-refractivity contribution in [2.45, 2.75) is 34.1 Å². The van der Waals surface area contributed by atoms with Gasteiger partial charge in [0.15, 0.2) is 5.13 Å². The summed E-state index contributed by atoms with van der Waals surface area (Å²) in [6, 6.07) is 4.21. The zero-order chi connectivity index (χ0) is 16.7. The average Bonchev–Trinajstić information content (AvgIpc) is 2.95. The molecule has 6 heteroatoms. The molecule has 2 heterocycles. The van der Waals surface area contributed by atoms with Crippen LogP contribution in [0.15, 0.2) is 12.1 Å². The molecule has 0 aliphatic rings. The molecule has 0 fully saturated rings. The molecule has 0 unspecified atom stereocenters. The van der Waals surface area contributed by atoms with Gasteiger partial charge < -0.3 is 5.32 Å². The smallest absolute Gasteiger partial charge is 0.230 e. The third kappa shape index (κ3) is 2.99. The number of anilines is 1. The van der Waals surface area contributed by atoms with Crippen molar-refractivity contribution >= 4 is 32.6 Å². The van der Waals surface area contributed by atoms with Gasteiger partial charge >= 0.3 is 0 Å². The van der Waals surface area contributed by atoms with Gasteiger partial charge in [0.1, 0.15) is 0 Å². The van der Waals surface area contributed by atoms with E-state index < -0.39 is 0 Å². The summed E-state index contributed by atoms with van der Waals surface area (Å²) in [7, 11) is 1.89. The minimum absolute atomic E-state index is 0.0577. The van der Waals surface area contributed by atoms with Gasteiger partial charge in [0.2, 0.25) is 5.91 Å². The molecule has 120 valence electrons. The Morgan fingerprint density at radius 1 is 1.26 bits per heavy atom. The zero-order valence-electron chi connectivity index (χ0n) is 14.0. The van der Waals surface area contributed by atoms with Crippen molar-refractivity contribution in [3.05, 3.63) is 40.2 Å². The Labute approximate surface area is 139 Å². The molecular weight excluding hydrogens is 308 g/mol. The van der Waals surface area contributed by atoms with Crippen LogP contribution in [0.25, 0.3) is 10.2 Å². The summed E-state index contributed by atoms with van der Waals surface area (Å²) >= 11 is 1.51. The van der Waals surface area contributed by atoms with E-state index in [1.165, 1.54) is 16.9 Å². The van der Waals surface area contributed by atoms with Gasteiger partial charge in [0.25, 0.3) is 0 Å². The maximum absolute atomic E-state index is 12.3. The Morgan fingerprint density at radius 2 is 2.00 bits per heavy atom. The SMILES string of the molecule is Cc1cc(C)c2nc(NC(=O)Cc3c(C)nn(C)c3C)sc2c1. The number of benzene rings is 1. The van der Waals surface area contributed by atoms with Gasteiger partial charge in [0, 0.05) is 18.3 Å². The van der Waals surface area contributed by atoms with Crippen molar-refractivity contribution in [3.63, 3.8) is 0 Å². The fourth-order valence-electron chi connectivity index (χ4n) is 2.82. The molecule has 0 radical (unpaired) electrons. The van der Waals surface area contributed by atoms with Gasteiger partial charge in [-0.25, -0.2) is 4.98 Å². The number of amides is 1. The van der Waals surface area contributed by atoms with E-state index >= 15 is 0 Å².